The van der Waals surface area contributed by atoms with Crippen LogP contribution < -0.4 is 5.32 Å². The van der Waals surface area contributed by atoms with Crippen LogP contribution in [0.2, 0.25) is 0 Å². The first-order valence-electron chi connectivity index (χ1n) is 6.95. The van der Waals surface area contributed by atoms with Crippen molar-refractivity contribution in [1.29, 1.82) is 0 Å². The van der Waals surface area contributed by atoms with Crippen molar-refractivity contribution < 1.29 is 4.74 Å². The van der Waals surface area contributed by atoms with Gasteiger partial charge in [0.1, 0.15) is 0 Å². The molecule has 100 valence electrons. The van der Waals surface area contributed by atoms with Gasteiger partial charge in [-0.05, 0) is 24.5 Å². The largest absolute Gasteiger partial charge is 0.377 e. The minimum Gasteiger partial charge on any atom is -0.377 e. The number of hydrogen-bond donors (Lipinski definition) is 1. The van der Waals surface area contributed by atoms with E-state index in [1.165, 1.54) is 24.3 Å². The highest BCUT2D eigenvalue weighted by atomic mass is 32.2. The molecule has 2 aliphatic rings. The second-order valence-corrected chi connectivity index (χ2v) is 7.70. The Bertz CT molecular complexity index is 249. The minimum atomic E-state index is 0.308. The lowest BCUT2D eigenvalue weighted by atomic mass is 9.64. The topological polar surface area (TPSA) is 21.3 Å². The number of rotatable bonds is 5. The molecule has 0 aromatic heterocycles. The van der Waals surface area contributed by atoms with Gasteiger partial charge in [0.15, 0.2) is 0 Å². The van der Waals surface area contributed by atoms with Gasteiger partial charge < -0.3 is 10.1 Å². The van der Waals surface area contributed by atoms with Gasteiger partial charge in [0, 0.05) is 29.9 Å². The van der Waals surface area contributed by atoms with E-state index < -0.39 is 0 Å². The molecule has 0 bridgehead atoms. The van der Waals surface area contributed by atoms with Crippen LogP contribution in [0, 0.1) is 11.3 Å². The number of ether oxygens (including phenoxy) is 1. The van der Waals surface area contributed by atoms with Crippen LogP contribution in [0.4, 0.5) is 0 Å². The fourth-order valence-electron chi connectivity index (χ4n) is 2.71. The normalized spacial score (nSPS) is 36.2. The zero-order chi connectivity index (χ0) is 12.5. The Hall–Kier alpha value is 0.270. The molecule has 0 aromatic carbocycles. The molecule has 3 heteroatoms. The molecule has 17 heavy (non-hydrogen) atoms. The Labute approximate surface area is 110 Å². The Kier molecular flexibility index (Phi) is 4.43. The maximum Gasteiger partial charge on any atom is 0.0656 e. The van der Waals surface area contributed by atoms with E-state index >= 15 is 0 Å². The second kappa shape index (κ2) is 5.50. The zero-order valence-corrected chi connectivity index (χ0v) is 12.5. The van der Waals surface area contributed by atoms with Crippen molar-refractivity contribution in [2.75, 3.05) is 18.1 Å². The van der Waals surface area contributed by atoms with E-state index in [2.05, 4.69) is 44.8 Å². The average Bonchev–Trinajstić information content (AvgIpc) is 2.74. The van der Waals surface area contributed by atoms with E-state index in [1.54, 1.807) is 0 Å². The summed E-state index contributed by atoms with van der Waals surface area (Å²) >= 11 is 2.08. The first-order chi connectivity index (χ1) is 8.00. The van der Waals surface area contributed by atoms with E-state index in [9.17, 15) is 0 Å². The summed E-state index contributed by atoms with van der Waals surface area (Å²) in [5.41, 5.74) is 0.308. The van der Waals surface area contributed by atoms with Crippen molar-refractivity contribution in [3.8, 4) is 0 Å². The third kappa shape index (κ3) is 3.18. The van der Waals surface area contributed by atoms with E-state index in [-0.39, 0.29) is 0 Å². The standard InChI is InChI=1S/C14H27NOS/c1-10(2)8-16-13-7-12(14(13,3)4)15-11-5-6-17-9-11/h10-13,15H,5-9H2,1-4H3. The van der Waals surface area contributed by atoms with Crippen molar-refractivity contribution in [3.05, 3.63) is 0 Å². The highest BCUT2D eigenvalue weighted by Crippen LogP contribution is 2.43. The summed E-state index contributed by atoms with van der Waals surface area (Å²) < 4.78 is 6.00. The highest BCUT2D eigenvalue weighted by molar-refractivity contribution is 7.99. The fourth-order valence-corrected chi connectivity index (χ4v) is 3.88. The fraction of sp³-hybridized carbons (Fsp3) is 1.00. The number of thioether (sulfide) groups is 1. The molecule has 1 N–H and O–H groups in total. The summed E-state index contributed by atoms with van der Waals surface area (Å²) in [5.74, 6) is 3.27. The lowest BCUT2D eigenvalue weighted by Crippen LogP contribution is -2.63. The molecule has 2 rings (SSSR count). The molecule has 3 atom stereocenters. The lowest BCUT2D eigenvalue weighted by Gasteiger charge is -2.53. The maximum absolute atomic E-state index is 6.00. The monoisotopic (exact) mass is 257 g/mol. The number of nitrogens with one attached hydrogen (secondary N) is 1. The highest BCUT2D eigenvalue weighted by Gasteiger charge is 2.49. The zero-order valence-electron chi connectivity index (χ0n) is 11.7. The van der Waals surface area contributed by atoms with Gasteiger partial charge in [0.2, 0.25) is 0 Å². The first kappa shape index (κ1) is 13.7. The summed E-state index contributed by atoms with van der Waals surface area (Å²) in [6, 6.07) is 1.40. The predicted molar refractivity (Wildman–Crippen MR) is 75.6 cm³/mol. The van der Waals surface area contributed by atoms with Crippen LogP contribution >= 0.6 is 11.8 Å². The summed E-state index contributed by atoms with van der Waals surface area (Å²) in [6.45, 7) is 10.0. The Morgan fingerprint density at radius 2 is 2.18 bits per heavy atom. The first-order valence-corrected chi connectivity index (χ1v) is 8.11. The summed E-state index contributed by atoms with van der Waals surface area (Å²) in [5, 5.41) is 3.82. The minimum absolute atomic E-state index is 0.308. The molecule has 0 radical (unpaired) electrons. The van der Waals surface area contributed by atoms with Crippen LogP contribution in [0.5, 0.6) is 0 Å². The Morgan fingerprint density at radius 3 is 2.71 bits per heavy atom. The van der Waals surface area contributed by atoms with Crippen molar-refractivity contribution in [3.63, 3.8) is 0 Å². The van der Waals surface area contributed by atoms with Crippen LogP contribution in [0.3, 0.4) is 0 Å². The van der Waals surface area contributed by atoms with Gasteiger partial charge in [0.05, 0.1) is 6.10 Å². The Balaban J connectivity index is 1.75. The van der Waals surface area contributed by atoms with E-state index in [0.717, 1.165) is 12.6 Å². The van der Waals surface area contributed by atoms with Gasteiger partial charge in [-0.3, -0.25) is 0 Å². The third-order valence-corrected chi connectivity index (χ3v) is 5.34. The number of hydrogen-bond acceptors (Lipinski definition) is 3. The quantitative estimate of drug-likeness (QED) is 0.818. The molecular weight excluding hydrogens is 230 g/mol. The molecule has 0 spiro atoms. The third-order valence-electron chi connectivity index (χ3n) is 4.18. The smallest absolute Gasteiger partial charge is 0.0656 e. The van der Waals surface area contributed by atoms with Crippen LogP contribution in [0.25, 0.3) is 0 Å². The summed E-state index contributed by atoms with van der Waals surface area (Å²) in [7, 11) is 0. The molecule has 3 unspecified atom stereocenters. The van der Waals surface area contributed by atoms with Gasteiger partial charge in [-0.2, -0.15) is 11.8 Å². The van der Waals surface area contributed by atoms with Gasteiger partial charge in [0.25, 0.3) is 0 Å². The molecule has 2 fully saturated rings. The van der Waals surface area contributed by atoms with Gasteiger partial charge >= 0.3 is 0 Å². The Morgan fingerprint density at radius 1 is 1.41 bits per heavy atom. The second-order valence-electron chi connectivity index (χ2n) is 6.55. The molecule has 1 aliphatic carbocycles. The molecule has 0 amide bonds. The van der Waals surface area contributed by atoms with Crippen molar-refractivity contribution in [2.45, 2.75) is 58.7 Å². The van der Waals surface area contributed by atoms with Crippen molar-refractivity contribution in [1.82, 2.24) is 5.32 Å². The van der Waals surface area contributed by atoms with Crippen LogP contribution in [0.15, 0.2) is 0 Å². The van der Waals surface area contributed by atoms with E-state index in [4.69, 9.17) is 4.74 Å². The summed E-state index contributed by atoms with van der Waals surface area (Å²) in [6.07, 6.45) is 2.99. The lowest BCUT2D eigenvalue weighted by molar-refractivity contribution is -0.125. The molecule has 2 nitrogen and oxygen atoms in total. The van der Waals surface area contributed by atoms with Gasteiger partial charge in [-0.25, -0.2) is 0 Å². The molecular formula is C14H27NOS. The van der Waals surface area contributed by atoms with Crippen molar-refractivity contribution >= 4 is 11.8 Å². The van der Waals surface area contributed by atoms with Crippen LogP contribution in [-0.4, -0.2) is 36.3 Å². The van der Waals surface area contributed by atoms with Gasteiger partial charge in [-0.1, -0.05) is 27.7 Å². The average molecular weight is 257 g/mol. The molecule has 1 saturated heterocycles. The molecule has 1 saturated carbocycles. The van der Waals surface area contributed by atoms with Crippen molar-refractivity contribution in [2.24, 2.45) is 11.3 Å². The predicted octanol–water partition coefficient (Wildman–Crippen LogP) is 2.92. The molecule has 0 aromatic rings. The SMILES string of the molecule is CC(C)COC1CC(NC2CCSC2)C1(C)C. The maximum atomic E-state index is 6.00. The van der Waals surface area contributed by atoms with E-state index in [0.29, 0.717) is 23.5 Å². The van der Waals surface area contributed by atoms with Gasteiger partial charge in [-0.15, -0.1) is 0 Å². The van der Waals surface area contributed by atoms with Crippen LogP contribution in [0.1, 0.15) is 40.5 Å². The van der Waals surface area contributed by atoms with Crippen LogP contribution in [-0.2, 0) is 4.74 Å². The van der Waals surface area contributed by atoms with E-state index in [1.807, 2.05) is 0 Å². The summed E-state index contributed by atoms with van der Waals surface area (Å²) in [4.78, 5) is 0. The molecule has 1 aliphatic heterocycles. The molecule has 1 heterocycles.